The molecule has 3 atom stereocenters. The van der Waals surface area contributed by atoms with E-state index in [1.807, 2.05) is 0 Å². The van der Waals surface area contributed by atoms with Crippen molar-refractivity contribution in [2.24, 2.45) is 5.92 Å². The highest BCUT2D eigenvalue weighted by Gasteiger charge is 2.49. The number of anilines is 1. The summed E-state index contributed by atoms with van der Waals surface area (Å²) in [6.07, 6.45) is -7.62. The van der Waals surface area contributed by atoms with Crippen LogP contribution in [0.1, 0.15) is 79.1 Å². The quantitative estimate of drug-likeness (QED) is 0.0803. The highest BCUT2D eigenvalue weighted by Crippen LogP contribution is 2.52. The number of nitrogens with one attached hydrogen (secondary N) is 2. The lowest BCUT2D eigenvalue weighted by molar-refractivity contribution is -0.142. The average molecular weight is 1010 g/mol. The van der Waals surface area contributed by atoms with Gasteiger partial charge in [0.05, 0.1) is 45.3 Å². The number of rotatable bonds is 16. The summed E-state index contributed by atoms with van der Waals surface area (Å²) in [6.45, 7) is -2.48. The Bertz CT molecular complexity index is 3120. The molecule has 3 aromatic heterocycles. The number of carbonyl (C=O) groups excluding carboxylic acids is 1. The lowest BCUT2D eigenvalue weighted by atomic mass is 10.0. The molecule has 0 saturated heterocycles. The maximum Gasteiger partial charge on any atom is 0.435 e. The Kier molecular flexibility index (Phi) is 13.3. The van der Waals surface area contributed by atoms with Crippen LogP contribution in [0.2, 0.25) is 5.02 Å². The number of benzene rings is 2. The number of fused-ring (bicyclic) bond motifs is 1. The number of amides is 1. The van der Waals surface area contributed by atoms with Crippen molar-refractivity contribution < 1.29 is 61.1 Å². The second-order valence-corrected chi connectivity index (χ2v) is 21.6. The fourth-order valence-electron chi connectivity index (χ4n) is 7.42. The zero-order valence-electron chi connectivity index (χ0n) is 35.2. The summed E-state index contributed by atoms with van der Waals surface area (Å²) in [6, 6.07) is 3.41. The third-order valence-corrected chi connectivity index (χ3v) is 15.3. The first-order valence-electron chi connectivity index (χ1n) is 20.1. The predicted molar refractivity (Wildman–Crippen MR) is 225 cm³/mol. The standard InChI is InChI=1S/C41H38ClF9N8O6S2/c1-40(2,66(3,62)63)9-8-24-15-33(61)59(29-7-6-27(42)35-36(29)58(18-31(47)48)55-38(35)56-67(64,65)25-4-5-25)39(52-24)28(12-20-10-22(45)14-23(46)11-20)53-32(60)19-57-30(17-44)34(26-13-21(26)16-43)37(54-57)41(49,50)51/h6-7,10-11,14-15,21,25-26,28,31H,4-5,12-13,16-19H2,1-3H3,(H,53,60)(H,55,56)/t21-,26-,28-/m0/s1. The number of alkyl halides is 7. The number of hydrogen-bond donors (Lipinski definition) is 2. The molecule has 26 heteroatoms. The number of hydrogen-bond acceptors (Lipinski definition) is 9. The number of sulfone groups is 1. The Labute approximate surface area is 380 Å². The van der Waals surface area contributed by atoms with Crippen LogP contribution < -0.4 is 15.6 Å². The fourth-order valence-corrected chi connectivity index (χ4v) is 9.24. The lowest BCUT2D eigenvalue weighted by Gasteiger charge is -2.23. The van der Waals surface area contributed by atoms with Crippen LogP contribution in [0.5, 0.6) is 0 Å². The largest absolute Gasteiger partial charge is 0.435 e. The summed E-state index contributed by atoms with van der Waals surface area (Å²) in [5, 5.41) is 8.64. The molecule has 2 aliphatic rings. The van der Waals surface area contributed by atoms with Crippen molar-refractivity contribution >= 4 is 54.1 Å². The van der Waals surface area contributed by atoms with Crippen LogP contribution in [-0.4, -0.2) is 81.2 Å². The van der Waals surface area contributed by atoms with E-state index in [0.717, 1.165) is 41.2 Å². The summed E-state index contributed by atoms with van der Waals surface area (Å²) in [4.78, 5) is 33.1. The van der Waals surface area contributed by atoms with Gasteiger partial charge in [0.2, 0.25) is 15.9 Å². The van der Waals surface area contributed by atoms with Gasteiger partial charge in [0.15, 0.2) is 21.3 Å². The molecule has 0 spiro atoms. The van der Waals surface area contributed by atoms with E-state index < -0.39 is 162 Å². The summed E-state index contributed by atoms with van der Waals surface area (Å²) >= 11 is 6.57. The smallest absolute Gasteiger partial charge is 0.344 e. The normalized spacial score (nSPS) is 17.1. The van der Waals surface area contributed by atoms with E-state index in [4.69, 9.17) is 11.6 Å². The van der Waals surface area contributed by atoms with E-state index in [1.54, 1.807) is 0 Å². The zero-order chi connectivity index (χ0) is 49.1. The van der Waals surface area contributed by atoms with Gasteiger partial charge in [-0.25, -0.2) is 43.8 Å². The molecule has 0 aliphatic heterocycles. The van der Waals surface area contributed by atoms with E-state index in [9.17, 15) is 65.9 Å². The Morgan fingerprint density at radius 3 is 2.24 bits per heavy atom. The number of carbonyl (C=O) groups is 1. The molecule has 1 amide bonds. The molecule has 3 heterocycles. The molecule has 7 rings (SSSR count). The first kappa shape index (κ1) is 49.3. The van der Waals surface area contributed by atoms with Crippen LogP contribution in [0, 0.1) is 29.4 Å². The van der Waals surface area contributed by atoms with E-state index in [2.05, 4.69) is 37.1 Å². The van der Waals surface area contributed by atoms with Gasteiger partial charge in [-0.1, -0.05) is 17.5 Å². The minimum absolute atomic E-state index is 0.0530. The third-order valence-electron chi connectivity index (χ3n) is 11.2. The Morgan fingerprint density at radius 1 is 1.00 bits per heavy atom. The lowest BCUT2D eigenvalue weighted by Crippen LogP contribution is -2.38. The average Bonchev–Trinajstić information content (AvgIpc) is 4.14. The monoisotopic (exact) mass is 1010 g/mol. The molecule has 0 radical (unpaired) electrons. The van der Waals surface area contributed by atoms with Gasteiger partial charge in [0.1, 0.15) is 47.7 Å². The first-order valence-corrected chi connectivity index (χ1v) is 23.9. The second kappa shape index (κ2) is 18.1. The number of halogens is 10. The van der Waals surface area contributed by atoms with Gasteiger partial charge in [-0.2, -0.15) is 23.4 Å². The van der Waals surface area contributed by atoms with Crippen molar-refractivity contribution in [2.75, 3.05) is 17.7 Å². The molecule has 2 aliphatic carbocycles. The molecule has 0 unspecified atom stereocenters. The van der Waals surface area contributed by atoms with Gasteiger partial charge in [-0.05, 0) is 80.7 Å². The highest BCUT2D eigenvalue weighted by molar-refractivity contribution is 7.93. The highest BCUT2D eigenvalue weighted by atomic mass is 35.5. The topological polar surface area (TPSA) is 180 Å². The van der Waals surface area contributed by atoms with Gasteiger partial charge in [0, 0.05) is 30.4 Å². The number of aromatic nitrogens is 6. The molecule has 5 aromatic rings. The minimum atomic E-state index is -5.17. The van der Waals surface area contributed by atoms with Crippen molar-refractivity contribution in [1.82, 2.24) is 34.4 Å². The molecule has 0 bridgehead atoms. The number of sulfonamides is 1. The minimum Gasteiger partial charge on any atom is -0.344 e. The molecule has 14 nitrogen and oxygen atoms in total. The first-order chi connectivity index (χ1) is 31.2. The Balaban J connectivity index is 1.46. The fraction of sp³-hybridized carbons (Fsp3) is 0.439. The zero-order valence-corrected chi connectivity index (χ0v) is 37.6. The van der Waals surface area contributed by atoms with Crippen molar-refractivity contribution in [3.8, 4) is 17.5 Å². The maximum atomic E-state index is 14.7. The second-order valence-electron chi connectivity index (χ2n) is 16.6. The summed E-state index contributed by atoms with van der Waals surface area (Å²) in [5.74, 6) is -1.57. The number of nitrogens with zero attached hydrogens (tertiary/aromatic N) is 6. The van der Waals surface area contributed by atoms with Gasteiger partial charge in [-0.3, -0.25) is 32.6 Å². The van der Waals surface area contributed by atoms with Crippen LogP contribution in [-0.2, 0) is 57.0 Å². The van der Waals surface area contributed by atoms with Crippen molar-refractivity contribution in [3.63, 3.8) is 0 Å². The van der Waals surface area contributed by atoms with Gasteiger partial charge in [-0.15, -0.1) is 0 Å². The van der Waals surface area contributed by atoms with E-state index in [1.165, 1.54) is 13.8 Å². The van der Waals surface area contributed by atoms with Gasteiger partial charge in [0.25, 0.3) is 12.0 Å². The van der Waals surface area contributed by atoms with Crippen molar-refractivity contribution in [3.05, 3.63) is 97.4 Å². The summed E-state index contributed by atoms with van der Waals surface area (Å²) < 4.78 is 183. The maximum absolute atomic E-state index is 14.7. The van der Waals surface area contributed by atoms with Crippen LogP contribution in [0.15, 0.2) is 41.2 Å². The molecule has 2 fully saturated rings. The van der Waals surface area contributed by atoms with E-state index >= 15 is 0 Å². The molecule has 2 saturated carbocycles. The van der Waals surface area contributed by atoms with Gasteiger partial charge >= 0.3 is 6.18 Å². The van der Waals surface area contributed by atoms with Crippen molar-refractivity contribution in [1.29, 1.82) is 0 Å². The van der Waals surface area contributed by atoms with Crippen LogP contribution in [0.3, 0.4) is 0 Å². The molecule has 67 heavy (non-hydrogen) atoms. The summed E-state index contributed by atoms with van der Waals surface area (Å²) in [7, 11) is -8.04. The summed E-state index contributed by atoms with van der Waals surface area (Å²) in [5.41, 5.74) is -5.48. The van der Waals surface area contributed by atoms with Crippen molar-refractivity contribution in [2.45, 2.75) is 93.9 Å². The SMILES string of the molecule is CC(C)(C#Cc1cc(=O)n(-c2ccc(Cl)c3c(NS(=O)(=O)C4CC4)nn(CC(F)F)c23)c([C@H](Cc2cc(F)cc(F)c2)NC(=O)Cn2nc(C(F)(F)F)c([C@H]3C[C@H]3CF)c2CF)n1)S(C)(=O)=O. The van der Waals surface area contributed by atoms with Gasteiger partial charge < -0.3 is 5.32 Å². The Hall–Kier alpha value is -5.61. The molecular weight excluding hydrogens is 971 g/mol. The third kappa shape index (κ3) is 10.4. The predicted octanol–water partition coefficient (Wildman–Crippen LogP) is 6.72. The van der Waals surface area contributed by atoms with E-state index in [0.29, 0.717) is 15.4 Å². The Morgan fingerprint density at radius 2 is 1.67 bits per heavy atom. The van der Waals surface area contributed by atoms with E-state index in [-0.39, 0.29) is 35.2 Å². The molecule has 360 valence electrons. The van der Waals surface area contributed by atoms with Crippen LogP contribution in [0.4, 0.5) is 45.3 Å². The van der Waals surface area contributed by atoms with Crippen LogP contribution in [0.25, 0.3) is 16.6 Å². The molecular formula is C41H38ClF9N8O6S2. The van der Waals surface area contributed by atoms with Crippen LogP contribution >= 0.6 is 11.6 Å². The molecule has 2 N–H and O–H groups in total. The molecule has 2 aromatic carbocycles.